The van der Waals surface area contributed by atoms with Crippen LogP contribution >= 0.6 is 15.9 Å². The van der Waals surface area contributed by atoms with Crippen molar-refractivity contribution in [2.24, 2.45) is 0 Å². The number of nitrogen functional groups attached to an aromatic ring is 1. The van der Waals surface area contributed by atoms with Gasteiger partial charge in [0.1, 0.15) is 0 Å². The Kier molecular flexibility index (Phi) is 5.43. The number of nitrogens with two attached hydrogens (primary N) is 1. The van der Waals surface area contributed by atoms with Crippen LogP contribution in [0.25, 0.3) is 0 Å². The number of ether oxygens (including phenoxy) is 1. The van der Waals surface area contributed by atoms with Crippen LogP contribution in [0.5, 0.6) is 0 Å². The minimum atomic E-state index is -0.309. The molecule has 0 radical (unpaired) electrons. The highest BCUT2D eigenvalue weighted by molar-refractivity contribution is 9.10. The van der Waals surface area contributed by atoms with Crippen LogP contribution in [0.4, 0.5) is 5.69 Å². The van der Waals surface area contributed by atoms with Gasteiger partial charge >= 0.3 is 5.97 Å². The molecular formula is C15H21BrN2O2. The molecule has 0 aliphatic carbocycles. The Balaban J connectivity index is 1.82. The van der Waals surface area contributed by atoms with Crippen molar-refractivity contribution >= 4 is 27.6 Å². The number of anilines is 1. The number of piperidine rings is 1. The van der Waals surface area contributed by atoms with Crippen molar-refractivity contribution in [3.8, 4) is 0 Å². The van der Waals surface area contributed by atoms with E-state index in [1.807, 2.05) is 0 Å². The maximum Gasteiger partial charge on any atom is 0.338 e. The van der Waals surface area contributed by atoms with Gasteiger partial charge in [0.05, 0.1) is 12.2 Å². The van der Waals surface area contributed by atoms with E-state index < -0.39 is 0 Å². The zero-order valence-corrected chi connectivity index (χ0v) is 13.4. The minimum absolute atomic E-state index is 0.309. The van der Waals surface area contributed by atoms with E-state index in [1.54, 1.807) is 18.2 Å². The summed E-state index contributed by atoms with van der Waals surface area (Å²) < 4.78 is 6.14. The lowest BCUT2D eigenvalue weighted by molar-refractivity contribution is 0.0450. The lowest BCUT2D eigenvalue weighted by atomic mass is 10.0. The van der Waals surface area contributed by atoms with Gasteiger partial charge in [-0.2, -0.15) is 0 Å². The van der Waals surface area contributed by atoms with Gasteiger partial charge in [-0.25, -0.2) is 4.79 Å². The number of nitrogens with zero attached hydrogens (tertiary/aromatic N) is 1. The number of hydrogen-bond acceptors (Lipinski definition) is 4. The number of hydrogen-bond donors (Lipinski definition) is 1. The lowest BCUT2D eigenvalue weighted by Crippen LogP contribution is -2.37. The maximum atomic E-state index is 12.0. The highest BCUT2D eigenvalue weighted by Gasteiger charge is 2.19. The second-order valence-electron chi connectivity index (χ2n) is 5.33. The fourth-order valence-corrected chi connectivity index (χ4v) is 3.12. The van der Waals surface area contributed by atoms with Crippen molar-refractivity contribution in [3.63, 3.8) is 0 Å². The standard InChI is InChI=1S/C15H21BrN2O2/c1-18-6-3-2-4-14(18)5-7-20-15(19)11-8-12(16)10-13(17)9-11/h8-10,14H,2-7,17H2,1H3. The molecule has 1 heterocycles. The van der Waals surface area contributed by atoms with E-state index in [1.165, 1.54) is 19.3 Å². The van der Waals surface area contributed by atoms with Crippen LogP contribution in [0, 0.1) is 0 Å². The van der Waals surface area contributed by atoms with Crippen molar-refractivity contribution in [2.45, 2.75) is 31.7 Å². The van der Waals surface area contributed by atoms with E-state index >= 15 is 0 Å². The highest BCUT2D eigenvalue weighted by atomic mass is 79.9. The Labute approximate surface area is 128 Å². The monoisotopic (exact) mass is 340 g/mol. The largest absolute Gasteiger partial charge is 0.462 e. The van der Waals surface area contributed by atoms with E-state index in [0.29, 0.717) is 23.9 Å². The summed E-state index contributed by atoms with van der Waals surface area (Å²) in [7, 11) is 2.14. The molecule has 4 nitrogen and oxygen atoms in total. The number of esters is 1. The third-order valence-corrected chi connectivity index (χ3v) is 4.22. The molecule has 1 aromatic carbocycles. The van der Waals surface area contributed by atoms with Gasteiger partial charge in [-0.3, -0.25) is 0 Å². The van der Waals surface area contributed by atoms with Gasteiger partial charge < -0.3 is 15.4 Å². The molecule has 110 valence electrons. The number of halogens is 1. The molecule has 0 aromatic heterocycles. The number of benzene rings is 1. The summed E-state index contributed by atoms with van der Waals surface area (Å²) in [6.45, 7) is 1.60. The molecule has 20 heavy (non-hydrogen) atoms. The summed E-state index contributed by atoms with van der Waals surface area (Å²) in [6, 6.07) is 5.66. The van der Waals surface area contributed by atoms with Crippen molar-refractivity contribution in [2.75, 3.05) is 25.9 Å². The van der Waals surface area contributed by atoms with E-state index in [0.717, 1.165) is 17.4 Å². The Morgan fingerprint density at radius 3 is 2.95 bits per heavy atom. The van der Waals surface area contributed by atoms with E-state index in [2.05, 4.69) is 27.9 Å². The molecule has 1 saturated heterocycles. The van der Waals surface area contributed by atoms with Crippen LogP contribution in [0.15, 0.2) is 22.7 Å². The topological polar surface area (TPSA) is 55.6 Å². The summed E-state index contributed by atoms with van der Waals surface area (Å²) in [4.78, 5) is 14.3. The summed E-state index contributed by atoms with van der Waals surface area (Å²) in [5.41, 5.74) is 6.76. The smallest absolute Gasteiger partial charge is 0.338 e. The normalized spacial score (nSPS) is 19.8. The van der Waals surface area contributed by atoms with E-state index in [-0.39, 0.29) is 5.97 Å². The van der Waals surface area contributed by atoms with Crippen LogP contribution in [-0.4, -0.2) is 37.1 Å². The average Bonchev–Trinajstić information content (AvgIpc) is 2.39. The first-order chi connectivity index (χ1) is 9.56. The van der Waals surface area contributed by atoms with Gasteiger partial charge in [0.2, 0.25) is 0 Å². The van der Waals surface area contributed by atoms with Crippen molar-refractivity contribution in [1.82, 2.24) is 4.90 Å². The second kappa shape index (κ2) is 7.09. The summed E-state index contributed by atoms with van der Waals surface area (Å²) in [6.07, 6.45) is 4.62. The fraction of sp³-hybridized carbons (Fsp3) is 0.533. The molecule has 1 aliphatic rings. The lowest BCUT2D eigenvalue weighted by Gasteiger charge is -2.32. The maximum absolute atomic E-state index is 12.0. The van der Waals surface area contributed by atoms with E-state index in [4.69, 9.17) is 10.5 Å². The Bertz CT molecular complexity index is 459. The molecule has 1 atom stereocenters. The van der Waals surface area contributed by atoms with Crippen LogP contribution in [0.1, 0.15) is 36.0 Å². The van der Waals surface area contributed by atoms with Gasteiger partial charge in [0, 0.05) is 16.2 Å². The SMILES string of the molecule is CN1CCCCC1CCOC(=O)c1cc(N)cc(Br)c1. The average molecular weight is 341 g/mol. The molecule has 2 rings (SSSR count). The number of carbonyl (C=O) groups is 1. The molecule has 1 aliphatic heterocycles. The number of rotatable bonds is 4. The van der Waals surface area contributed by atoms with Gasteiger partial charge in [0.15, 0.2) is 0 Å². The van der Waals surface area contributed by atoms with Crippen LogP contribution in [-0.2, 0) is 4.74 Å². The molecule has 0 saturated carbocycles. The van der Waals surface area contributed by atoms with Gasteiger partial charge in [0.25, 0.3) is 0 Å². The summed E-state index contributed by atoms with van der Waals surface area (Å²) in [5, 5.41) is 0. The molecule has 1 aromatic rings. The Morgan fingerprint density at radius 1 is 1.45 bits per heavy atom. The Hall–Kier alpha value is -1.07. The van der Waals surface area contributed by atoms with E-state index in [9.17, 15) is 4.79 Å². The first-order valence-corrected chi connectivity index (χ1v) is 7.79. The third kappa shape index (κ3) is 4.21. The molecule has 0 bridgehead atoms. The van der Waals surface area contributed by atoms with Gasteiger partial charge in [-0.1, -0.05) is 22.4 Å². The predicted octanol–water partition coefficient (Wildman–Crippen LogP) is 3.06. The zero-order chi connectivity index (χ0) is 14.5. The van der Waals surface area contributed by atoms with Crippen molar-refractivity contribution < 1.29 is 9.53 Å². The van der Waals surface area contributed by atoms with Crippen molar-refractivity contribution in [3.05, 3.63) is 28.2 Å². The number of carbonyl (C=O) groups excluding carboxylic acids is 1. The van der Waals surface area contributed by atoms with Gasteiger partial charge in [-0.15, -0.1) is 0 Å². The number of likely N-dealkylation sites (tertiary alicyclic amines) is 1. The summed E-state index contributed by atoms with van der Waals surface area (Å²) in [5.74, 6) is -0.309. The van der Waals surface area contributed by atoms with Crippen LogP contribution in [0.3, 0.4) is 0 Å². The highest BCUT2D eigenvalue weighted by Crippen LogP contribution is 2.19. The summed E-state index contributed by atoms with van der Waals surface area (Å²) >= 11 is 3.33. The fourth-order valence-electron chi connectivity index (χ4n) is 2.61. The van der Waals surface area contributed by atoms with Crippen molar-refractivity contribution in [1.29, 1.82) is 0 Å². The van der Waals surface area contributed by atoms with Crippen LogP contribution < -0.4 is 5.73 Å². The second-order valence-corrected chi connectivity index (χ2v) is 6.24. The first-order valence-electron chi connectivity index (χ1n) is 6.99. The van der Waals surface area contributed by atoms with Crippen LogP contribution in [0.2, 0.25) is 0 Å². The molecule has 0 amide bonds. The molecular weight excluding hydrogens is 320 g/mol. The molecule has 2 N–H and O–H groups in total. The van der Waals surface area contributed by atoms with Gasteiger partial charge in [-0.05, 0) is 51.1 Å². The molecule has 5 heteroatoms. The minimum Gasteiger partial charge on any atom is -0.462 e. The predicted molar refractivity (Wildman–Crippen MR) is 83.7 cm³/mol. The molecule has 1 unspecified atom stereocenters. The third-order valence-electron chi connectivity index (χ3n) is 3.76. The zero-order valence-electron chi connectivity index (χ0n) is 11.8. The molecule has 0 spiro atoms. The molecule has 1 fully saturated rings. The quantitative estimate of drug-likeness (QED) is 0.676. The first kappa shape index (κ1) is 15.3. The Morgan fingerprint density at radius 2 is 2.25 bits per heavy atom.